The van der Waals surface area contributed by atoms with Crippen LogP contribution < -0.4 is 0 Å². The van der Waals surface area contributed by atoms with Crippen LogP contribution in [0.5, 0.6) is 0 Å². The van der Waals surface area contributed by atoms with E-state index in [2.05, 4.69) is 0 Å². The summed E-state index contributed by atoms with van der Waals surface area (Å²) < 4.78 is 5.75. The maximum absolute atomic E-state index is 12.4. The highest BCUT2D eigenvalue weighted by molar-refractivity contribution is 5.95. The molecule has 2 atom stereocenters. The predicted molar refractivity (Wildman–Crippen MR) is 65.0 cm³/mol. The van der Waals surface area contributed by atoms with E-state index in [1.165, 1.54) is 0 Å². The van der Waals surface area contributed by atoms with Gasteiger partial charge in [-0.25, -0.2) is 0 Å². The van der Waals surface area contributed by atoms with E-state index in [0.29, 0.717) is 0 Å². The van der Waals surface area contributed by atoms with E-state index in [-0.39, 0.29) is 18.1 Å². The number of carbonyl (C=O) groups is 1. The summed E-state index contributed by atoms with van der Waals surface area (Å²) in [4.78, 5) is 14.4. The Morgan fingerprint density at radius 2 is 1.88 bits per heavy atom. The first-order chi connectivity index (χ1) is 8.24. The zero-order valence-corrected chi connectivity index (χ0v) is 10.1. The number of fused-ring (bicyclic) bond motifs is 2. The molecular weight excluding hydrogens is 214 g/mol. The fourth-order valence-electron chi connectivity index (χ4n) is 2.76. The highest BCUT2D eigenvalue weighted by atomic mass is 16.5. The molecule has 2 bridgehead atoms. The van der Waals surface area contributed by atoms with Gasteiger partial charge in [0.1, 0.15) is 0 Å². The minimum atomic E-state index is 0.156. The summed E-state index contributed by atoms with van der Waals surface area (Å²) in [5.41, 5.74) is 1.88. The van der Waals surface area contributed by atoms with Crippen LogP contribution in [-0.4, -0.2) is 36.1 Å². The average molecular weight is 231 g/mol. The zero-order chi connectivity index (χ0) is 11.8. The van der Waals surface area contributed by atoms with Crippen molar-refractivity contribution in [2.45, 2.75) is 32.0 Å². The minimum Gasteiger partial charge on any atom is -0.371 e. The van der Waals surface area contributed by atoms with Crippen molar-refractivity contribution >= 4 is 5.91 Å². The molecule has 2 fully saturated rings. The van der Waals surface area contributed by atoms with E-state index in [4.69, 9.17) is 4.74 Å². The molecule has 0 N–H and O–H groups in total. The number of nitrogens with zero attached hydrogens (tertiary/aromatic N) is 1. The number of hydrogen-bond donors (Lipinski definition) is 0. The maximum Gasteiger partial charge on any atom is 0.254 e. The van der Waals surface area contributed by atoms with Crippen molar-refractivity contribution in [3.8, 4) is 0 Å². The molecule has 0 aliphatic carbocycles. The molecule has 0 saturated carbocycles. The van der Waals surface area contributed by atoms with E-state index in [1.807, 2.05) is 36.1 Å². The topological polar surface area (TPSA) is 29.5 Å². The minimum absolute atomic E-state index is 0.156. The lowest BCUT2D eigenvalue weighted by Gasteiger charge is -2.32. The molecular formula is C14H17NO2. The number of benzene rings is 1. The van der Waals surface area contributed by atoms with Gasteiger partial charge in [-0.2, -0.15) is 0 Å². The van der Waals surface area contributed by atoms with Gasteiger partial charge in [-0.05, 0) is 31.4 Å². The third-order valence-electron chi connectivity index (χ3n) is 3.71. The molecule has 90 valence electrons. The van der Waals surface area contributed by atoms with E-state index < -0.39 is 0 Å². The molecule has 0 radical (unpaired) electrons. The van der Waals surface area contributed by atoms with E-state index >= 15 is 0 Å². The Bertz CT molecular complexity index is 432. The second kappa shape index (κ2) is 4.15. The van der Waals surface area contributed by atoms with Gasteiger partial charge in [0.05, 0.1) is 12.2 Å². The van der Waals surface area contributed by atoms with E-state index in [1.54, 1.807) is 0 Å². The Morgan fingerprint density at radius 1 is 1.24 bits per heavy atom. The SMILES string of the molecule is Cc1ccccc1C(=O)N1CC2CCC(C1)O2. The van der Waals surface area contributed by atoms with Gasteiger partial charge >= 0.3 is 0 Å². The third kappa shape index (κ3) is 1.95. The van der Waals surface area contributed by atoms with Crippen LogP contribution in [0.3, 0.4) is 0 Å². The standard InChI is InChI=1S/C14H17NO2/c1-10-4-2-3-5-13(10)14(16)15-8-11-6-7-12(9-15)17-11/h2-5,11-12H,6-9H2,1H3. The second-order valence-corrected chi connectivity index (χ2v) is 4.98. The van der Waals surface area contributed by atoms with Crippen molar-refractivity contribution in [2.75, 3.05) is 13.1 Å². The molecule has 0 aromatic heterocycles. The van der Waals surface area contributed by atoms with Crippen molar-refractivity contribution in [1.82, 2.24) is 4.90 Å². The fourth-order valence-corrected chi connectivity index (χ4v) is 2.76. The van der Waals surface area contributed by atoms with Gasteiger partial charge in [-0.15, -0.1) is 0 Å². The number of aryl methyl sites for hydroxylation is 1. The lowest BCUT2D eigenvalue weighted by molar-refractivity contribution is -0.0303. The Hall–Kier alpha value is -1.35. The normalized spacial score (nSPS) is 27.2. The van der Waals surface area contributed by atoms with Crippen LogP contribution in [0.2, 0.25) is 0 Å². The molecule has 2 aliphatic rings. The Balaban J connectivity index is 1.81. The summed E-state index contributed by atoms with van der Waals surface area (Å²) in [6.45, 7) is 3.50. The highest BCUT2D eigenvalue weighted by Gasteiger charge is 2.36. The molecule has 1 aromatic rings. The number of morpholine rings is 1. The van der Waals surface area contributed by atoms with Crippen LogP contribution in [-0.2, 0) is 4.74 Å². The molecule has 0 spiro atoms. The van der Waals surface area contributed by atoms with Gasteiger partial charge < -0.3 is 9.64 Å². The van der Waals surface area contributed by atoms with Crippen molar-refractivity contribution in [2.24, 2.45) is 0 Å². The van der Waals surface area contributed by atoms with Crippen LogP contribution in [0.15, 0.2) is 24.3 Å². The van der Waals surface area contributed by atoms with Crippen LogP contribution in [0, 0.1) is 6.92 Å². The summed E-state index contributed by atoms with van der Waals surface area (Å²) in [5, 5.41) is 0. The second-order valence-electron chi connectivity index (χ2n) is 4.98. The predicted octanol–water partition coefficient (Wildman–Crippen LogP) is 2.00. The van der Waals surface area contributed by atoms with Crippen molar-refractivity contribution in [1.29, 1.82) is 0 Å². The number of rotatable bonds is 1. The molecule has 2 unspecified atom stereocenters. The molecule has 1 amide bonds. The fraction of sp³-hybridized carbons (Fsp3) is 0.500. The van der Waals surface area contributed by atoms with Crippen molar-refractivity contribution in [3.05, 3.63) is 35.4 Å². The molecule has 17 heavy (non-hydrogen) atoms. The third-order valence-corrected chi connectivity index (χ3v) is 3.71. The lowest BCUT2D eigenvalue weighted by Crippen LogP contribution is -2.45. The smallest absolute Gasteiger partial charge is 0.254 e. The first kappa shape index (κ1) is 10.8. The summed E-state index contributed by atoms with van der Waals surface area (Å²) in [6, 6.07) is 7.79. The van der Waals surface area contributed by atoms with Crippen LogP contribution in [0.4, 0.5) is 0 Å². The van der Waals surface area contributed by atoms with Gasteiger partial charge in [0.2, 0.25) is 0 Å². The summed E-state index contributed by atoms with van der Waals surface area (Å²) >= 11 is 0. The summed E-state index contributed by atoms with van der Waals surface area (Å²) in [6.07, 6.45) is 2.73. The largest absolute Gasteiger partial charge is 0.371 e. The Labute approximate surface area is 101 Å². The molecule has 3 heteroatoms. The van der Waals surface area contributed by atoms with Gasteiger partial charge in [0.25, 0.3) is 5.91 Å². The number of carbonyl (C=O) groups excluding carboxylic acids is 1. The monoisotopic (exact) mass is 231 g/mol. The molecule has 2 heterocycles. The molecule has 2 saturated heterocycles. The van der Waals surface area contributed by atoms with Crippen LogP contribution >= 0.6 is 0 Å². The zero-order valence-electron chi connectivity index (χ0n) is 10.1. The van der Waals surface area contributed by atoms with Crippen molar-refractivity contribution in [3.63, 3.8) is 0 Å². The van der Waals surface area contributed by atoms with Gasteiger partial charge in [-0.3, -0.25) is 4.79 Å². The molecule has 2 aliphatic heterocycles. The number of ether oxygens (including phenoxy) is 1. The number of likely N-dealkylation sites (tertiary alicyclic amines) is 1. The van der Waals surface area contributed by atoms with Gasteiger partial charge in [-0.1, -0.05) is 18.2 Å². The summed E-state index contributed by atoms with van der Waals surface area (Å²) in [7, 11) is 0. The maximum atomic E-state index is 12.4. The lowest BCUT2D eigenvalue weighted by atomic mass is 10.1. The van der Waals surface area contributed by atoms with Gasteiger partial charge in [0, 0.05) is 18.7 Å². The number of hydrogen-bond acceptors (Lipinski definition) is 2. The van der Waals surface area contributed by atoms with E-state index in [0.717, 1.165) is 37.1 Å². The Kier molecular flexibility index (Phi) is 2.63. The van der Waals surface area contributed by atoms with Crippen molar-refractivity contribution < 1.29 is 9.53 Å². The quantitative estimate of drug-likeness (QED) is 0.740. The Morgan fingerprint density at radius 3 is 2.53 bits per heavy atom. The molecule has 3 nitrogen and oxygen atoms in total. The first-order valence-electron chi connectivity index (χ1n) is 6.24. The molecule has 1 aromatic carbocycles. The van der Waals surface area contributed by atoms with Gasteiger partial charge in [0.15, 0.2) is 0 Å². The summed E-state index contributed by atoms with van der Waals surface area (Å²) in [5.74, 6) is 0.156. The van der Waals surface area contributed by atoms with Crippen LogP contribution in [0.25, 0.3) is 0 Å². The van der Waals surface area contributed by atoms with Crippen LogP contribution in [0.1, 0.15) is 28.8 Å². The first-order valence-corrected chi connectivity index (χ1v) is 6.24. The molecule has 3 rings (SSSR count). The van der Waals surface area contributed by atoms with E-state index in [9.17, 15) is 4.79 Å². The highest BCUT2D eigenvalue weighted by Crippen LogP contribution is 2.27. The number of amides is 1. The average Bonchev–Trinajstić information content (AvgIpc) is 2.68.